The number of rotatable bonds is 7. The first-order valence-corrected chi connectivity index (χ1v) is 6.14. The molecule has 0 fully saturated rings. The van der Waals surface area contributed by atoms with Crippen LogP contribution in [0.1, 0.15) is 32.3 Å². The smallest absolute Gasteiger partial charge is 0.0947 e. The molecule has 0 radical (unpaired) electrons. The molecule has 0 aliphatic rings. The van der Waals surface area contributed by atoms with Crippen LogP contribution >= 0.6 is 0 Å². The molecule has 0 aromatic carbocycles. The van der Waals surface area contributed by atoms with E-state index in [4.69, 9.17) is 10.2 Å². The lowest BCUT2D eigenvalue weighted by Gasteiger charge is -2.32. The summed E-state index contributed by atoms with van der Waals surface area (Å²) in [6.07, 6.45) is 5.90. The van der Waals surface area contributed by atoms with Crippen LogP contribution in [0.25, 0.3) is 0 Å². The van der Waals surface area contributed by atoms with Gasteiger partial charge in [-0.15, -0.1) is 0 Å². The summed E-state index contributed by atoms with van der Waals surface area (Å²) in [6, 6.07) is 2.47. The molecule has 0 saturated carbocycles. The Labute approximate surface area is 98.6 Å². The van der Waals surface area contributed by atoms with Gasteiger partial charge in [0, 0.05) is 24.7 Å². The molecule has 16 heavy (non-hydrogen) atoms. The summed E-state index contributed by atoms with van der Waals surface area (Å²) < 4.78 is 5.08. The highest BCUT2D eigenvalue weighted by atomic mass is 16.3. The summed E-state index contributed by atoms with van der Waals surface area (Å²) in [5.41, 5.74) is 7.10. The fourth-order valence-electron chi connectivity index (χ4n) is 2.35. The van der Waals surface area contributed by atoms with Crippen molar-refractivity contribution in [3.8, 4) is 0 Å². The van der Waals surface area contributed by atoms with Gasteiger partial charge in [0.05, 0.1) is 12.5 Å². The Bertz CT molecular complexity index is 267. The summed E-state index contributed by atoms with van der Waals surface area (Å²) in [6.45, 7) is 6.11. The molecule has 1 unspecified atom stereocenters. The van der Waals surface area contributed by atoms with Crippen molar-refractivity contribution < 1.29 is 4.42 Å². The van der Waals surface area contributed by atoms with E-state index in [1.165, 1.54) is 18.4 Å². The number of nitrogens with zero attached hydrogens (tertiary/aromatic N) is 1. The van der Waals surface area contributed by atoms with Crippen molar-refractivity contribution in [3.05, 3.63) is 24.2 Å². The van der Waals surface area contributed by atoms with Crippen molar-refractivity contribution in [3.63, 3.8) is 0 Å². The fraction of sp³-hybridized carbons (Fsp3) is 0.692. The largest absolute Gasteiger partial charge is 0.472 e. The highest BCUT2D eigenvalue weighted by molar-refractivity contribution is 5.05. The summed E-state index contributed by atoms with van der Waals surface area (Å²) >= 11 is 0. The maximum absolute atomic E-state index is 5.89. The summed E-state index contributed by atoms with van der Waals surface area (Å²) in [5, 5.41) is 0. The van der Waals surface area contributed by atoms with E-state index in [0.29, 0.717) is 12.0 Å². The van der Waals surface area contributed by atoms with Gasteiger partial charge >= 0.3 is 0 Å². The zero-order chi connectivity index (χ0) is 12.0. The van der Waals surface area contributed by atoms with E-state index >= 15 is 0 Å². The number of furan rings is 1. The quantitative estimate of drug-likeness (QED) is 0.773. The lowest BCUT2D eigenvalue weighted by molar-refractivity contribution is 0.165. The predicted molar refractivity (Wildman–Crippen MR) is 67.1 cm³/mol. The van der Waals surface area contributed by atoms with Gasteiger partial charge in [-0.1, -0.05) is 26.7 Å². The van der Waals surface area contributed by atoms with Gasteiger partial charge in [0.15, 0.2) is 0 Å². The van der Waals surface area contributed by atoms with Crippen LogP contribution in [0.15, 0.2) is 23.0 Å². The Morgan fingerprint density at radius 3 is 2.50 bits per heavy atom. The SMILES string of the molecule is CCC(CC)C(CN)N(C)Cc1ccoc1. The van der Waals surface area contributed by atoms with Gasteiger partial charge < -0.3 is 10.2 Å². The molecule has 0 amide bonds. The van der Waals surface area contributed by atoms with Gasteiger partial charge in [0.1, 0.15) is 0 Å². The van der Waals surface area contributed by atoms with E-state index in [9.17, 15) is 0 Å². The highest BCUT2D eigenvalue weighted by Gasteiger charge is 2.21. The van der Waals surface area contributed by atoms with Crippen molar-refractivity contribution in [2.24, 2.45) is 11.7 Å². The molecule has 0 spiro atoms. The van der Waals surface area contributed by atoms with Crippen molar-refractivity contribution in [1.82, 2.24) is 4.90 Å². The van der Waals surface area contributed by atoms with Gasteiger partial charge in [-0.25, -0.2) is 0 Å². The molecule has 1 rings (SSSR count). The van der Waals surface area contributed by atoms with Gasteiger partial charge in [0.2, 0.25) is 0 Å². The van der Waals surface area contributed by atoms with E-state index in [0.717, 1.165) is 13.1 Å². The average Bonchev–Trinajstić information content (AvgIpc) is 2.78. The van der Waals surface area contributed by atoms with Crippen LogP contribution in [0.2, 0.25) is 0 Å². The summed E-state index contributed by atoms with van der Waals surface area (Å²) in [4.78, 5) is 2.34. The van der Waals surface area contributed by atoms with E-state index < -0.39 is 0 Å². The van der Waals surface area contributed by atoms with Crippen LogP contribution in [0.4, 0.5) is 0 Å². The summed E-state index contributed by atoms with van der Waals surface area (Å²) in [5.74, 6) is 0.682. The molecule has 1 aromatic rings. The zero-order valence-electron chi connectivity index (χ0n) is 10.6. The van der Waals surface area contributed by atoms with Crippen molar-refractivity contribution >= 4 is 0 Å². The molecule has 0 saturated heterocycles. The monoisotopic (exact) mass is 224 g/mol. The van der Waals surface area contributed by atoms with Crippen LogP contribution in [0.3, 0.4) is 0 Å². The number of nitrogens with two attached hydrogens (primary N) is 1. The van der Waals surface area contributed by atoms with Gasteiger partial charge in [0.25, 0.3) is 0 Å². The topological polar surface area (TPSA) is 42.4 Å². The molecular formula is C13H24N2O. The summed E-state index contributed by atoms with van der Waals surface area (Å²) in [7, 11) is 2.14. The average molecular weight is 224 g/mol. The Balaban J connectivity index is 2.58. The third kappa shape index (κ3) is 3.35. The maximum atomic E-state index is 5.89. The van der Waals surface area contributed by atoms with Crippen LogP contribution < -0.4 is 5.73 Å². The Kier molecular flexibility index (Phi) is 5.56. The zero-order valence-corrected chi connectivity index (χ0v) is 10.6. The molecule has 3 heteroatoms. The molecule has 0 bridgehead atoms. The molecule has 2 N–H and O–H groups in total. The van der Waals surface area contributed by atoms with E-state index in [2.05, 4.69) is 25.8 Å². The van der Waals surface area contributed by atoms with Gasteiger partial charge in [-0.2, -0.15) is 0 Å². The minimum atomic E-state index is 0.463. The number of likely N-dealkylation sites (N-methyl/N-ethyl adjacent to an activating group) is 1. The van der Waals surface area contributed by atoms with E-state index in [1.807, 2.05) is 6.07 Å². The van der Waals surface area contributed by atoms with Crippen LogP contribution in [-0.2, 0) is 6.54 Å². The van der Waals surface area contributed by atoms with E-state index in [-0.39, 0.29) is 0 Å². The standard InChI is InChI=1S/C13H24N2O/c1-4-12(5-2)13(8-14)15(3)9-11-6-7-16-10-11/h6-7,10,12-13H,4-5,8-9,14H2,1-3H3. The van der Waals surface area contributed by atoms with Crippen molar-refractivity contribution in [1.29, 1.82) is 0 Å². The van der Waals surface area contributed by atoms with Crippen molar-refractivity contribution in [2.75, 3.05) is 13.6 Å². The first kappa shape index (κ1) is 13.3. The lowest BCUT2D eigenvalue weighted by Crippen LogP contribution is -2.42. The molecule has 1 heterocycles. The second-order valence-corrected chi connectivity index (χ2v) is 4.43. The normalized spacial score (nSPS) is 13.6. The molecule has 3 nitrogen and oxygen atoms in total. The number of hydrogen-bond donors (Lipinski definition) is 1. The minimum Gasteiger partial charge on any atom is -0.472 e. The number of hydrogen-bond acceptors (Lipinski definition) is 3. The third-order valence-corrected chi connectivity index (χ3v) is 3.41. The Hall–Kier alpha value is -0.800. The minimum absolute atomic E-state index is 0.463. The van der Waals surface area contributed by atoms with Crippen molar-refractivity contribution in [2.45, 2.75) is 39.3 Å². The third-order valence-electron chi connectivity index (χ3n) is 3.41. The first-order valence-electron chi connectivity index (χ1n) is 6.14. The van der Waals surface area contributed by atoms with Crippen LogP contribution in [0.5, 0.6) is 0 Å². The second-order valence-electron chi connectivity index (χ2n) is 4.43. The van der Waals surface area contributed by atoms with Gasteiger partial charge in [-0.05, 0) is 19.0 Å². The maximum Gasteiger partial charge on any atom is 0.0947 e. The molecule has 0 aliphatic carbocycles. The molecule has 0 aliphatic heterocycles. The van der Waals surface area contributed by atoms with Crippen LogP contribution in [-0.4, -0.2) is 24.5 Å². The second kappa shape index (κ2) is 6.71. The Morgan fingerprint density at radius 2 is 2.06 bits per heavy atom. The fourth-order valence-corrected chi connectivity index (χ4v) is 2.35. The van der Waals surface area contributed by atoms with E-state index in [1.54, 1.807) is 12.5 Å². The Morgan fingerprint density at radius 1 is 1.38 bits per heavy atom. The first-order chi connectivity index (χ1) is 7.72. The van der Waals surface area contributed by atoms with Crippen LogP contribution in [0, 0.1) is 5.92 Å². The lowest BCUT2D eigenvalue weighted by atomic mass is 9.93. The predicted octanol–water partition coefficient (Wildman–Crippen LogP) is 2.47. The van der Waals surface area contributed by atoms with Gasteiger partial charge in [-0.3, -0.25) is 4.90 Å². The molecule has 92 valence electrons. The molecule has 1 aromatic heterocycles. The highest BCUT2D eigenvalue weighted by Crippen LogP contribution is 2.18. The molecular weight excluding hydrogens is 200 g/mol. The molecule has 1 atom stereocenters.